The number of alkyl halides is 1. The van der Waals surface area contributed by atoms with E-state index < -0.39 is 0 Å². The van der Waals surface area contributed by atoms with Gasteiger partial charge in [-0.3, -0.25) is 0 Å². The van der Waals surface area contributed by atoms with Gasteiger partial charge in [0.05, 0.1) is 0 Å². The van der Waals surface area contributed by atoms with E-state index in [1.165, 1.54) is 77.7 Å². The van der Waals surface area contributed by atoms with Gasteiger partial charge in [0.25, 0.3) is 0 Å². The molecule has 0 atom stereocenters. The quantitative estimate of drug-likeness (QED) is 0.222. The molecule has 0 saturated heterocycles. The topological polar surface area (TPSA) is 12.0 Å². The number of allylic oxidation sites excluding steroid dienone is 2. The fourth-order valence-corrected chi connectivity index (χ4v) is 7.05. The molecule has 2 aromatic rings. The average Bonchev–Trinajstić information content (AvgIpc) is 2.77. The van der Waals surface area contributed by atoms with Crippen molar-refractivity contribution < 1.29 is 0 Å². The predicted molar refractivity (Wildman–Crippen MR) is 151 cm³/mol. The molecule has 2 fully saturated rings. The molecule has 1 N–H and O–H groups in total. The second-order valence-corrected chi connectivity index (χ2v) is 14.1. The smallest absolute Gasteiger partial charge is 0.0420 e. The van der Waals surface area contributed by atoms with Crippen molar-refractivity contribution in [3.05, 3.63) is 83.5 Å². The van der Waals surface area contributed by atoms with E-state index in [0.717, 1.165) is 25.2 Å². The molecule has 0 bridgehead atoms. The molecule has 3 aliphatic carbocycles. The molecule has 1 spiro atoms. The molecule has 5 rings (SSSR count). The second kappa shape index (κ2) is 8.91. The summed E-state index contributed by atoms with van der Waals surface area (Å²) in [6, 6.07) is 15.7. The van der Waals surface area contributed by atoms with Crippen molar-refractivity contribution in [2.45, 2.75) is 80.5 Å². The van der Waals surface area contributed by atoms with Crippen LogP contribution in [0.1, 0.15) is 81.9 Å². The summed E-state index contributed by atoms with van der Waals surface area (Å²) in [5.74, 6) is 1.43. The van der Waals surface area contributed by atoms with Crippen molar-refractivity contribution in [3.8, 4) is 0 Å². The highest BCUT2D eigenvalue weighted by atomic mass is 127. The van der Waals surface area contributed by atoms with Crippen molar-refractivity contribution in [1.29, 1.82) is 0 Å². The van der Waals surface area contributed by atoms with Crippen LogP contribution >= 0.6 is 22.6 Å². The Morgan fingerprint density at radius 3 is 2.24 bits per heavy atom. The van der Waals surface area contributed by atoms with Crippen molar-refractivity contribution in [2.75, 3.05) is 5.32 Å². The first-order chi connectivity index (χ1) is 15.7. The third-order valence-corrected chi connectivity index (χ3v) is 9.15. The molecule has 0 aromatic heterocycles. The number of anilines is 2. The summed E-state index contributed by atoms with van der Waals surface area (Å²) in [4.78, 5) is 0. The zero-order valence-corrected chi connectivity index (χ0v) is 22.5. The van der Waals surface area contributed by atoms with Crippen LogP contribution in [-0.2, 0) is 15.3 Å². The third kappa shape index (κ3) is 4.57. The van der Waals surface area contributed by atoms with Gasteiger partial charge in [0, 0.05) is 26.1 Å². The van der Waals surface area contributed by atoms with Gasteiger partial charge < -0.3 is 5.32 Å². The normalized spacial score (nSPS) is 25.6. The van der Waals surface area contributed by atoms with Gasteiger partial charge in [-0.2, -0.15) is 0 Å². The van der Waals surface area contributed by atoms with E-state index in [0.29, 0.717) is 5.92 Å². The number of nitrogens with one attached hydrogen (secondary N) is 1. The van der Waals surface area contributed by atoms with Gasteiger partial charge in [-0.1, -0.05) is 103 Å². The molecule has 0 radical (unpaired) electrons. The summed E-state index contributed by atoms with van der Waals surface area (Å²) in [5, 5.41) is 3.70. The lowest BCUT2D eigenvalue weighted by Gasteiger charge is -2.51. The molecule has 174 valence electrons. The fraction of sp³-hybridized carbons (Fsp3) is 0.484. The summed E-state index contributed by atoms with van der Waals surface area (Å²) >= 11 is 2.50. The van der Waals surface area contributed by atoms with Crippen molar-refractivity contribution >= 4 is 34.0 Å². The van der Waals surface area contributed by atoms with Gasteiger partial charge >= 0.3 is 0 Å². The van der Waals surface area contributed by atoms with Crippen LogP contribution in [0.4, 0.5) is 11.4 Å². The number of fused-ring (bicyclic) bond motifs is 2. The van der Waals surface area contributed by atoms with Crippen LogP contribution in [0.5, 0.6) is 0 Å². The van der Waals surface area contributed by atoms with Crippen LogP contribution in [0.15, 0.2) is 66.8 Å². The monoisotopic (exact) mass is 551 g/mol. The van der Waals surface area contributed by atoms with Crippen LogP contribution in [-0.4, -0.2) is 0 Å². The second-order valence-electron chi connectivity index (χ2n) is 11.4. The first kappa shape index (κ1) is 23.2. The summed E-state index contributed by atoms with van der Waals surface area (Å²) < 4.78 is 0.153. The number of hydrogen-bond donors (Lipinski definition) is 1. The zero-order chi connectivity index (χ0) is 23.2. The molecule has 3 aliphatic rings. The lowest BCUT2D eigenvalue weighted by molar-refractivity contribution is 0.267. The summed E-state index contributed by atoms with van der Waals surface area (Å²) in [6.07, 6.45) is 11.8. The maximum absolute atomic E-state index is 4.60. The Balaban J connectivity index is 1.30. The maximum atomic E-state index is 4.60. The molecule has 2 heteroatoms. The highest BCUT2D eigenvalue weighted by Crippen LogP contribution is 2.57. The Labute approximate surface area is 214 Å². The Morgan fingerprint density at radius 2 is 1.61 bits per heavy atom. The molecule has 0 unspecified atom stereocenters. The Morgan fingerprint density at radius 1 is 0.939 bits per heavy atom. The van der Waals surface area contributed by atoms with E-state index >= 15 is 0 Å². The van der Waals surface area contributed by atoms with Crippen LogP contribution < -0.4 is 5.32 Å². The van der Waals surface area contributed by atoms with Crippen molar-refractivity contribution in [2.24, 2.45) is 11.8 Å². The highest BCUT2D eigenvalue weighted by Gasteiger charge is 2.48. The first-order valence-corrected chi connectivity index (χ1v) is 13.9. The summed E-state index contributed by atoms with van der Waals surface area (Å²) in [7, 11) is 0. The van der Waals surface area contributed by atoms with Gasteiger partial charge in [0.2, 0.25) is 0 Å². The van der Waals surface area contributed by atoms with Gasteiger partial charge in [-0.15, -0.1) is 0 Å². The van der Waals surface area contributed by atoms with E-state index in [9.17, 15) is 0 Å². The van der Waals surface area contributed by atoms with E-state index in [4.69, 9.17) is 0 Å². The Hall–Kier alpha value is -1.55. The fourth-order valence-electron chi connectivity index (χ4n) is 6.70. The van der Waals surface area contributed by atoms with Gasteiger partial charge in [-0.25, -0.2) is 0 Å². The number of benzene rings is 2. The van der Waals surface area contributed by atoms with E-state index in [-0.39, 0.29) is 8.84 Å². The molecule has 2 aromatic carbocycles. The first-order valence-electron chi connectivity index (χ1n) is 12.8. The van der Waals surface area contributed by atoms with Gasteiger partial charge in [0.1, 0.15) is 0 Å². The largest absolute Gasteiger partial charge is 0.355 e. The number of rotatable bonds is 5. The molecule has 2 saturated carbocycles. The molecule has 33 heavy (non-hydrogen) atoms. The Kier molecular flexibility index (Phi) is 6.26. The lowest BCUT2D eigenvalue weighted by Crippen LogP contribution is -2.44. The zero-order valence-electron chi connectivity index (χ0n) is 20.4. The molecule has 0 heterocycles. The third-order valence-electron chi connectivity index (χ3n) is 8.52. The minimum atomic E-state index is 0.153. The highest BCUT2D eigenvalue weighted by molar-refractivity contribution is 14.1. The maximum Gasteiger partial charge on any atom is 0.0420 e. The van der Waals surface area contributed by atoms with Crippen molar-refractivity contribution in [3.63, 3.8) is 0 Å². The lowest BCUT2D eigenvalue weighted by atomic mass is 9.53. The number of halogens is 1. The SMILES string of the molecule is C=C1CC2(CC(=C)C1CC1CCCCC1)Cc1c(Nc3ccc(C(C)(C)I)cc3)cccc12. The van der Waals surface area contributed by atoms with E-state index in [2.05, 4.69) is 97.4 Å². The standard InChI is InChI=1S/C31H38IN/c1-21-18-31(19-22(2)26(21)17-23-9-6-5-7-10-23)20-27-28(31)11-8-12-29(27)33-25-15-13-24(14-16-25)30(3,4)32/h8,11-16,23,26,33H,1-2,5-7,9-10,17-20H2,3-4H3. The van der Waals surface area contributed by atoms with Crippen LogP contribution in [0.2, 0.25) is 0 Å². The minimum absolute atomic E-state index is 0.153. The summed E-state index contributed by atoms with van der Waals surface area (Å²) in [5.41, 5.74) is 9.92. The molecular weight excluding hydrogens is 513 g/mol. The van der Waals surface area contributed by atoms with Gasteiger partial charge in [0.15, 0.2) is 0 Å². The van der Waals surface area contributed by atoms with Crippen LogP contribution in [0, 0.1) is 11.8 Å². The summed E-state index contributed by atoms with van der Waals surface area (Å²) in [6.45, 7) is 13.7. The number of hydrogen-bond acceptors (Lipinski definition) is 1. The molecule has 0 amide bonds. The predicted octanol–water partition coefficient (Wildman–Crippen LogP) is 9.39. The molecule has 0 aliphatic heterocycles. The van der Waals surface area contributed by atoms with Gasteiger partial charge in [-0.05, 0) is 80.3 Å². The van der Waals surface area contributed by atoms with Crippen LogP contribution in [0.3, 0.4) is 0 Å². The van der Waals surface area contributed by atoms with Crippen LogP contribution in [0.25, 0.3) is 0 Å². The minimum Gasteiger partial charge on any atom is -0.355 e. The van der Waals surface area contributed by atoms with E-state index in [1.54, 1.807) is 0 Å². The molecule has 1 nitrogen and oxygen atoms in total. The molecular formula is C31H38IN. The van der Waals surface area contributed by atoms with E-state index in [1.807, 2.05) is 0 Å². The Bertz CT molecular complexity index is 1030. The average molecular weight is 552 g/mol. The van der Waals surface area contributed by atoms with Crippen molar-refractivity contribution in [1.82, 2.24) is 0 Å².